The van der Waals surface area contributed by atoms with Crippen LogP contribution in [0.4, 0.5) is 4.79 Å². The van der Waals surface area contributed by atoms with E-state index in [2.05, 4.69) is 9.47 Å². The van der Waals surface area contributed by atoms with E-state index in [-0.39, 0.29) is 37.7 Å². The van der Waals surface area contributed by atoms with Gasteiger partial charge in [0.1, 0.15) is 31.3 Å². The third-order valence-electron chi connectivity index (χ3n) is 3.99. The summed E-state index contributed by atoms with van der Waals surface area (Å²) in [6.45, 7) is 7.27. The van der Waals surface area contributed by atoms with Crippen LogP contribution in [0.3, 0.4) is 0 Å². The SMILES string of the molecule is COC(=O)OCC(C)OC(=O)CCCC(=O)OCC(C)(COC(=O)CC(C)(C)C)C(=O)O. The summed E-state index contributed by atoms with van der Waals surface area (Å²) >= 11 is 0. The fraction of sp³-hybridized carbons (Fsp3) is 0.762. The highest BCUT2D eigenvalue weighted by atomic mass is 16.7. The maximum atomic E-state index is 11.9. The molecule has 0 aromatic rings. The molecule has 0 heterocycles. The van der Waals surface area contributed by atoms with E-state index in [1.165, 1.54) is 13.8 Å². The van der Waals surface area contributed by atoms with Crippen LogP contribution in [0.15, 0.2) is 0 Å². The number of methoxy groups -OCH3 is 1. The van der Waals surface area contributed by atoms with Crippen molar-refractivity contribution in [2.24, 2.45) is 10.8 Å². The zero-order valence-electron chi connectivity index (χ0n) is 19.6. The Balaban J connectivity index is 4.34. The first-order valence-electron chi connectivity index (χ1n) is 10.1. The van der Waals surface area contributed by atoms with Gasteiger partial charge in [0.15, 0.2) is 0 Å². The molecule has 1 N–H and O–H groups in total. The molecule has 0 aliphatic rings. The second kappa shape index (κ2) is 13.5. The van der Waals surface area contributed by atoms with E-state index in [0.29, 0.717) is 0 Å². The lowest BCUT2D eigenvalue weighted by atomic mass is 9.91. The normalized spacial score (nSPS) is 13.8. The number of carboxylic acids is 1. The predicted octanol–water partition coefficient (Wildman–Crippen LogP) is 2.48. The van der Waals surface area contributed by atoms with Gasteiger partial charge in [-0.1, -0.05) is 20.8 Å². The number of carbonyl (C=O) groups is 5. The smallest absolute Gasteiger partial charge is 0.481 e. The molecule has 0 fully saturated rings. The summed E-state index contributed by atoms with van der Waals surface area (Å²) in [5, 5.41) is 9.43. The lowest BCUT2D eigenvalue weighted by Crippen LogP contribution is -2.39. The molecule has 0 amide bonds. The van der Waals surface area contributed by atoms with E-state index >= 15 is 0 Å². The van der Waals surface area contributed by atoms with Gasteiger partial charge in [0.05, 0.1) is 13.5 Å². The van der Waals surface area contributed by atoms with Crippen molar-refractivity contribution in [3.05, 3.63) is 0 Å². The standard InChI is InChI=1S/C21H34O11/c1-14(11-29-19(27)28-6)32-16(23)9-7-8-15(22)30-12-21(5,18(25)26)13-31-17(24)10-20(2,3)4/h14H,7-13H2,1-6H3,(H,25,26). The number of aliphatic carboxylic acids is 1. The average molecular weight is 462 g/mol. The van der Waals surface area contributed by atoms with Crippen LogP contribution < -0.4 is 0 Å². The maximum absolute atomic E-state index is 11.9. The maximum Gasteiger partial charge on any atom is 0.508 e. The molecule has 0 aromatic heterocycles. The Morgan fingerprint density at radius 2 is 1.38 bits per heavy atom. The summed E-state index contributed by atoms with van der Waals surface area (Å²) in [6.07, 6.45) is -1.57. The third kappa shape index (κ3) is 13.5. The number of hydrogen-bond donors (Lipinski definition) is 1. The van der Waals surface area contributed by atoms with Gasteiger partial charge >= 0.3 is 30.0 Å². The van der Waals surface area contributed by atoms with Gasteiger partial charge in [-0.05, 0) is 25.7 Å². The number of carbonyl (C=O) groups excluding carboxylic acids is 4. The molecule has 32 heavy (non-hydrogen) atoms. The van der Waals surface area contributed by atoms with Gasteiger partial charge < -0.3 is 28.8 Å². The van der Waals surface area contributed by atoms with E-state index in [0.717, 1.165) is 7.11 Å². The molecule has 0 spiro atoms. The van der Waals surface area contributed by atoms with Crippen molar-refractivity contribution in [1.82, 2.24) is 0 Å². The monoisotopic (exact) mass is 462 g/mol. The number of esters is 3. The van der Waals surface area contributed by atoms with Gasteiger partial charge in [-0.2, -0.15) is 0 Å². The van der Waals surface area contributed by atoms with Crippen LogP contribution in [0.1, 0.15) is 60.3 Å². The second-order valence-electron chi connectivity index (χ2n) is 8.84. The highest BCUT2D eigenvalue weighted by molar-refractivity contribution is 5.77. The summed E-state index contributed by atoms with van der Waals surface area (Å²) in [6, 6.07) is 0. The highest BCUT2D eigenvalue weighted by Crippen LogP contribution is 2.22. The zero-order valence-corrected chi connectivity index (χ0v) is 19.6. The van der Waals surface area contributed by atoms with Gasteiger partial charge in [0, 0.05) is 12.8 Å². The van der Waals surface area contributed by atoms with Gasteiger partial charge in [0.2, 0.25) is 0 Å². The lowest BCUT2D eigenvalue weighted by molar-refractivity contribution is -0.166. The molecule has 2 atom stereocenters. The van der Waals surface area contributed by atoms with Crippen LogP contribution >= 0.6 is 0 Å². The first kappa shape index (κ1) is 29.1. The quantitative estimate of drug-likeness (QED) is 0.317. The molecule has 184 valence electrons. The van der Waals surface area contributed by atoms with E-state index < -0.39 is 54.8 Å². The molecule has 0 radical (unpaired) electrons. The number of rotatable bonds is 13. The summed E-state index contributed by atoms with van der Waals surface area (Å²) < 4.78 is 24.0. The molecular formula is C21H34O11. The lowest BCUT2D eigenvalue weighted by Gasteiger charge is -2.25. The molecule has 0 bridgehead atoms. The Kier molecular flexibility index (Phi) is 12.3. The summed E-state index contributed by atoms with van der Waals surface area (Å²) in [5.74, 6) is -3.12. The number of hydrogen-bond acceptors (Lipinski definition) is 10. The predicted molar refractivity (Wildman–Crippen MR) is 109 cm³/mol. The van der Waals surface area contributed by atoms with Gasteiger partial charge in [-0.3, -0.25) is 19.2 Å². The first-order chi connectivity index (χ1) is 14.7. The van der Waals surface area contributed by atoms with Crippen LogP contribution in [0, 0.1) is 10.8 Å². The minimum Gasteiger partial charge on any atom is -0.481 e. The zero-order chi connectivity index (χ0) is 24.9. The number of ether oxygens (including phenoxy) is 5. The van der Waals surface area contributed by atoms with Crippen molar-refractivity contribution < 1.29 is 52.8 Å². The van der Waals surface area contributed by atoms with Gasteiger partial charge in [0.25, 0.3) is 0 Å². The van der Waals surface area contributed by atoms with Crippen molar-refractivity contribution in [2.45, 2.75) is 66.4 Å². The third-order valence-corrected chi connectivity index (χ3v) is 3.99. The fourth-order valence-electron chi connectivity index (χ4n) is 2.14. The molecule has 0 aromatic carbocycles. The largest absolute Gasteiger partial charge is 0.508 e. The van der Waals surface area contributed by atoms with Crippen LogP contribution in [0.5, 0.6) is 0 Å². The van der Waals surface area contributed by atoms with Crippen molar-refractivity contribution in [3.8, 4) is 0 Å². The minimum absolute atomic E-state index is 0.0850. The molecule has 0 aliphatic carbocycles. The minimum atomic E-state index is -1.60. The van der Waals surface area contributed by atoms with E-state index in [4.69, 9.17) is 14.2 Å². The second-order valence-corrected chi connectivity index (χ2v) is 8.84. The Hall–Kier alpha value is -2.85. The van der Waals surface area contributed by atoms with E-state index in [1.807, 2.05) is 20.8 Å². The Bertz CT molecular complexity index is 665. The fourth-order valence-corrected chi connectivity index (χ4v) is 2.14. The molecule has 0 aliphatic heterocycles. The average Bonchev–Trinajstić information content (AvgIpc) is 2.67. The van der Waals surface area contributed by atoms with Crippen molar-refractivity contribution >= 4 is 30.0 Å². The van der Waals surface area contributed by atoms with Gasteiger partial charge in [-0.25, -0.2) is 4.79 Å². The summed E-state index contributed by atoms with van der Waals surface area (Å²) in [4.78, 5) is 57.9. The molecule has 11 nitrogen and oxygen atoms in total. The molecule has 11 heteroatoms. The van der Waals surface area contributed by atoms with E-state index in [1.54, 1.807) is 0 Å². The summed E-state index contributed by atoms with van der Waals surface area (Å²) in [5.41, 5.74) is -1.91. The first-order valence-corrected chi connectivity index (χ1v) is 10.1. The molecule has 0 saturated heterocycles. The molecular weight excluding hydrogens is 428 g/mol. The molecule has 2 unspecified atom stereocenters. The molecule has 0 rings (SSSR count). The Morgan fingerprint density at radius 3 is 1.88 bits per heavy atom. The van der Waals surface area contributed by atoms with Crippen LogP contribution in [-0.2, 0) is 42.9 Å². The van der Waals surface area contributed by atoms with Crippen molar-refractivity contribution in [2.75, 3.05) is 26.9 Å². The topological polar surface area (TPSA) is 152 Å². The van der Waals surface area contributed by atoms with Crippen LogP contribution in [-0.4, -0.2) is 68.2 Å². The van der Waals surface area contributed by atoms with Crippen LogP contribution in [0.2, 0.25) is 0 Å². The number of carboxylic acid groups (broad SMARTS) is 1. The Labute approximate surface area is 187 Å². The van der Waals surface area contributed by atoms with E-state index in [9.17, 15) is 29.1 Å². The summed E-state index contributed by atoms with van der Waals surface area (Å²) in [7, 11) is 1.15. The van der Waals surface area contributed by atoms with Crippen molar-refractivity contribution in [3.63, 3.8) is 0 Å². The molecule has 0 saturated carbocycles. The van der Waals surface area contributed by atoms with Crippen LogP contribution in [0.25, 0.3) is 0 Å². The Morgan fingerprint density at radius 1 is 0.844 bits per heavy atom. The van der Waals surface area contributed by atoms with Gasteiger partial charge in [-0.15, -0.1) is 0 Å². The van der Waals surface area contributed by atoms with Crippen molar-refractivity contribution in [1.29, 1.82) is 0 Å². The highest BCUT2D eigenvalue weighted by Gasteiger charge is 2.37.